The third-order valence-corrected chi connectivity index (χ3v) is 3.69. The van der Waals surface area contributed by atoms with Crippen LogP contribution in [0.15, 0.2) is 11.2 Å². The zero-order valence-corrected chi connectivity index (χ0v) is 11.5. The van der Waals surface area contributed by atoms with Crippen LogP contribution >= 0.6 is 0 Å². The predicted octanol–water partition coefficient (Wildman–Crippen LogP) is -0.0889. The normalized spacial score (nSPS) is 13.3. The number of imidazole rings is 1. The summed E-state index contributed by atoms with van der Waals surface area (Å²) in [6.07, 6.45) is 2.01. The molecule has 1 aromatic heterocycles. The highest BCUT2D eigenvalue weighted by molar-refractivity contribution is 7.89. The van der Waals surface area contributed by atoms with Crippen molar-refractivity contribution in [2.45, 2.75) is 38.3 Å². The van der Waals surface area contributed by atoms with Crippen molar-refractivity contribution in [2.75, 3.05) is 6.54 Å². The molecule has 1 unspecified atom stereocenters. The summed E-state index contributed by atoms with van der Waals surface area (Å²) in [4.78, 5) is 18.0. The van der Waals surface area contributed by atoms with Crippen LogP contribution in [-0.4, -0.2) is 36.9 Å². The Kier molecular flexibility index (Phi) is 4.85. The number of hydrogen-bond donors (Lipinski definition) is 3. The van der Waals surface area contributed by atoms with Crippen molar-refractivity contribution in [3.63, 3.8) is 0 Å². The van der Waals surface area contributed by atoms with Crippen LogP contribution < -0.4 is 10.0 Å². The fourth-order valence-corrected chi connectivity index (χ4v) is 2.46. The van der Waals surface area contributed by atoms with Crippen molar-refractivity contribution in [3.05, 3.63) is 12.0 Å². The SMILES string of the molecule is CCCNC(=O)C(C)NS(=O)(=O)c1cnc(C)[nH]1. The Morgan fingerprint density at radius 2 is 2.22 bits per heavy atom. The standard InChI is InChI=1S/C10H18N4O3S/c1-4-5-11-10(15)7(2)14-18(16,17)9-6-12-8(3)13-9/h6-7,14H,4-5H2,1-3H3,(H,11,15)(H,12,13). The number of aromatic nitrogens is 2. The molecule has 1 amide bonds. The quantitative estimate of drug-likeness (QED) is 0.674. The first-order chi connectivity index (χ1) is 8.36. The molecule has 0 fully saturated rings. The molecule has 0 saturated carbocycles. The lowest BCUT2D eigenvalue weighted by Gasteiger charge is -2.13. The summed E-state index contributed by atoms with van der Waals surface area (Å²) < 4.78 is 26.0. The van der Waals surface area contributed by atoms with Gasteiger partial charge < -0.3 is 10.3 Å². The number of rotatable bonds is 6. The average Bonchev–Trinajstić information content (AvgIpc) is 2.72. The second kappa shape index (κ2) is 5.96. The molecule has 1 rings (SSSR count). The first-order valence-electron chi connectivity index (χ1n) is 5.68. The van der Waals surface area contributed by atoms with Crippen LogP contribution in [-0.2, 0) is 14.8 Å². The second-order valence-corrected chi connectivity index (χ2v) is 5.65. The fraction of sp³-hybridized carbons (Fsp3) is 0.600. The molecule has 1 aromatic rings. The summed E-state index contributed by atoms with van der Waals surface area (Å²) in [5, 5.41) is 2.57. The number of aryl methyl sites for hydroxylation is 1. The van der Waals surface area contributed by atoms with Crippen molar-refractivity contribution >= 4 is 15.9 Å². The van der Waals surface area contributed by atoms with Gasteiger partial charge in [-0.15, -0.1) is 0 Å². The molecule has 0 spiro atoms. The molecule has 1 heterocycles. The Bertz CT molecular complexity index is 509. The average molecular weight is 274 g/mol. The van der Waals surface area contributed by atoms with E-state index in [9.17, 15) is 13.2 Å². The topological polar surface area (TPSA) is 104 Å². The molecule has 0 aromatic carbocycles. The zero-order chi connectivity index (χ0) is 13.8. The Morgan fingerprint density at radius 3 is 2.72 bits per heavy atom. The van der Waals surface area contributed by atoms with Gasteiger partial charge in [-0.3, -0.25) is 4.79 Å². The number of carbonyl (C=O) groups is 1. The smallest absolute Gasteiger partial charge is 0.258 e. The van der Waals surface area contributed by atoms with E-state index < -0.39 is 16.1 Å². The number of aromatic amines is 1. The van der Waals surface area contributed by atoms with E-state index in [2.05, 4.69) is 20.0 Å². The van der Waals surface area contributed by atoms with E-state index in [-0.39, 0.29) is 10.9 Å². The number of nitrogens with one attached hydrogen (secondary N) is 3. The Balaban J connectivity index is 2.69. The summed E-state index contributed by atoms with van der Waals surface area (Å²) in [5.74, 6) is 0.148. The Labute approximate surface area is 106 Å². The molecule has 3 N–H and O–H groups in total. The first-order valence-corrected chi connectivity index (χ1v) is 7.16. The van der Waals surface area contributed by atoms with Gasteiger partial charge >= 0.3 is 0 Å². The predicted molar refractivity (Wildman–Crippen MR) is 66.4 cm³/mol. The van der Waals surface area contributed by atoms with Gasteiger partial charge in [-0.25, -0.2) is 13.4 Å². The number of carbonyl (C=O) groups excluding carboxylic acids is 1. The maximum atomic E-state index is 11.9. The lowest BCUT2D eigenvalue weighted by atomic mass is 10.3. The largest absolute Gasteiger partial charge is 0.355 e. The van der Waals surface area contributed by atoms with Gasteiger partial charge in [-0.1, -0.05) is 6.92 Å². The van der Waals surface area contributed by atoms with Crippen LogP contribution in [0.2, 0.25) is 0 Å². The molecule has 0 aliphatic carbocycles. The van der Waals surface area contributed by atoms with E-state index >= 15 is 0 Å². The molecule has 0 radical (unpaired) electrons. The molecular formula is C10H18N4O3S. The first kappa shape index (κ1) is 14.7. The van der Waals surface area contributed by atoms with Gasteiger partial charge in [-0.05, 0) is 20.3 Å². The van der Waals surface area contributed by atoms with Crippen LogP contribution in [0.4, 0.5) is 0 Å². The molecule has 8 heteroatoms. The minimum atomic E-state index is -3.74. The fourth-order valence-electron chi connectivity index (χ4n) is 1.29. The minimum Gasteiger partial charge on any atom is -0.355 e. The monoisotopic (exact) mass is 274 g/mol. The maximum absolute atomic E-state index is 11.9. The highest BCUT2D eigenvalue weighted by atomic mass is 32.2. The van der Waals surface area contributed by atoms with Gasteiger partial charge in [0.05, 0.1) is 12.2 Å². The molecule has 18 heavy (non-hydrogen) atoms. The van der Waals surface area contributed by atoms with Gasteiger partial charge in [0, 0.05) is 6.54 Å². The van der Waals surface area contributed by atoms with Gasteiger partial charge in [-0.2, -0.15) is 4.72 Å². The summed E-state index contributed by atoms with van der Waals surface area (Å²) >= 11 is 0. The summed E-state index contributed by atoms with van der Waals surface area (Å²) in [5.41, 5.74) is 0. The highest BCUT2D eigenvalue weighted by Gasteiger charge is 2.23. The number of amides is 1. The number of H-pyrrole nitrogens is 1. The van der Waals surface area contributed by atoms with Gasteiger partial charge in [0.2, 0.25) is 5.91 Å². The van der Waals surface area contributed by atoms with Crippen LogP contribution in [0.3, 0.4) is 0 Å². The lowest BCUT2D eigenvalue weighted by Crippen LogP contribution is -2.44. The molecule has 102 valence electrons. The van der Waals surface area contributed by atoms with Crippen molar-refractivity contribution < 1.29 is 13.2 Å². The van der Waals surface area contributed by atoms with E-state index in [0.29, 0.717) is 12.4 Å². The molecule has 7 nitrogen and oxygen atoms in total. The zero-order valence-electron chi connectivity index (χ0n) is 10.6. The van der Waals surface area contributed by atoms with Crippen LogP contribution in [0, 0.1) is 6.92 Å². The molecular weight excluding hydrogens is 256 g/mol. The minimum absolute atomic E-state index is 0.0462. The number of nitrogens with zero attached hydrogens (tertiary/aromatic N) is 1. The molecule has 1 atom stereocenters. The van der Waals surface area contributed by atoms with Crippen molar-refractivity contribution in [3.8, 4) is 0 Å². The highest BCUT2D eigenvalue weighted by Crippen LogP contribution is 2.05. The molecule has 0 aliphatic rings. The maximum Gasteiger partial charge on any atom is 0.258 e. The van der Waals surface area contributed by atoms with E-state index in [1.807, 2.05) is 6.92 Å². The van der Waals surface area contributed by atoms with Crippen LogP contribution in [0.5, 0.6) is 0 Å². The summed E-state index contributed by atoms with van der Waals surface area (Å²) in [6.45, 7) is 5.58. The Morgan fingerprint density at radius 1 is 1.56 bits per heavy atom. The van der Waals surface area contributed by atoms with E-state index in [0.717, 1.165) is 6.42 Å². The summed E-state index contributed by atoms with van der Waals surface area (Å²) in [7, 11) is -3.74. The van der Waals surface area contributed by atoms with Crippen molar-refractivity contribution in [1.29, 1.82) is 0 Å². The van der Waals surface area contributed by atoms with E-state index in [4.69, 9.17) is 0 Å². The molecule has 0 aliphatic heterocycles. The summed E-state index contributed by atoms with van der Waals surface area (Å²) in [6, 6.07) is -0.829. The van der Waals surface area contributed by atoms with Crippen LogP contribution in [0.25, 0.3) is 0 Å². The number of sulfonamides is 1. The van der Waals surface area contributed by atoms with E-state index in [1.165, 1.54) is 13.1 Å². The molecule has 0 saturated heterocycles. The van der Waals surface area contributed by atoms with Gasteiger partial charge in [0.15, 0.2) is 5.03 Å². The van der Waals surface area contributed by atoms with Crippen molar-refractivity contribution in [1.82, 2.24) is 20.0 Å². The Hall–Kier alpha value is -1.41. The third kappa shape index (κ3) is 3.81. The third-order valence-electron chi connectivity index (χ3n) is 2.24. The second-order valence-electron chi connectivity index (χ2n) is 3.97. The van der Waals surface area contributed by atoms with Crippen molar-refractivity contribution in [2.24, 2.45) is 0 Å². The number of hydrogen-bond acceptors (Lipinski definition) is 4. The van der Waals surface area contributed by atoms with Gasteiger partial charge in [0.25, 0.3) is 10.0 Å². The lowest BCUT2D eigenvalue weighted by molar-refractivity contribution is -0.122. The van der Waals surface area contributed by atoms with E-state index in [1.54, 1.807) is 6.92 Å². The van der Waals surface area contributed by atoms with Crippen LogP contribution in [0.1, 0.15) is 26.1 Å². The van der Waals surface area contributed by atoms with Gasteiger partial charge in [0.1, 0.15) is 5.82 Å². The molecule has 0 bridgehead atoms.